The van der Waals surface area contributed by atoms with Crippen molar-refractivity contribution in [1.29, 1.82) is 0 Å². The van der Waals surface area contributed by atoms with Gasteiger partial charge in [-0.1, -0.05) is 12.1 Å². The topological polar surface area (TPSA) is 86.2 Å². The molecule has 0 aliphatic carbocycles. The van der Waals surface area contributed by atoms with Crippen LogP contribution in [0.2, 0.25) is 0 Å². The Balaban J connectivity index is 2.43. The van der Waals surface area contributed by atoms with Crippen LogP contribution in [0, 0.1) is 0 Å². The fourth-order valence-electron chi connectivity index (χ4n) is 2.13. The molecule has 0 bridgehead atoms. The molecule has 0 spiro atoms. The van der Waals surface area contributed by atoms with Crippen molar-refractivity contribution in [3.63, 3.8) is 0 Å². The SMILES string of the molecule is CCN(Cc1cccc(N)c1)c1nn(C)c(=O)n(C)c1=O. The van der Waals surface area contributed by atoms with Gasteiger partial charge in [0, 0.05) is 32.9 Å². The highest BCUT2D eigenvalue weighted by Gasteiger charge is 2.15. The number of nitrogens with two attached hydrogens (primary N) is 1. The van der Waals surface area contributed by atoms with E-state index in [1.165, 1.54) is 18.8 Å². The molecule has 2 rings (SSSR count). The highest BCUT2D eigenvalue weighted by Crippen LogP contribution is 2.12. The highest BCUT2D eigenvalue weighted by molar-refractivity contribution is 5.43. The molecule has 2 aromatic rings. The van der Waals surface area contributed by atoms with E-state index >= 15 is 0 Å². The molecule has 0 atom stereocenters. The van der Waals surface area contributed by atoms with E-state index in [4.69, 9.17) is 5.73 Å². The lowest BCUT2D eigenvalue weighted by Crippen LogP contribution is -2.43. The predicted molar refractivity (Wildman–Crippen MR) is 82.3 cm³/mol. The number of aryl methyl sites for hydroxylation is 1. The van der Waals surface area contributed by atoms with Gasteiger partial charge in [0.2, 0.25) is 5.82 Å². The fraction of sp³-hybridized carbons (Fsp3) is 0.357. The van der Waals surface area contributed by atoms with Crippen molar-refractivity contribution in [1.82, 2.24) is 14.3 Å². The zero-order valence-electron chi connectivity index (χ0n) is 12.4. The molecule has 0 aliphatic heterocycles. The van der Waals surface area contributed by atoms with Crippen molar-refractivity contribution in [2.75, 3.05) is 17.2 Å². The van der Waals surface area contributed by atoms with E-state index in [-0.39, 0.29) is 5.82 Å². The highest BCUT2D eigenvalue weighted by atomic mass is 16.2. The Morgan fingerprint density at radius 1 is 1.29 bits per heavy atom. The quantitative estimate of drug-likeness (QED) is 0.806. The van der Waals surface area contributed by atoms with Gasteiger partial charge in [0.15, 0.2) is 0 Å². The zero-order valence-corrected chi connectivity index (χ0v) is 12.4. The third kappa shape index (κ3) is 2.96. The molecular formula is C14H19N5O2. The van der Waals surface area contributed by atoms with Crippen molar-refractivity contribution in [3.05, 3.63) is 50.7 Å². The van der Waals surface area contributed by atoms with Crippen LogP contribution in [0.4, 0.5) is 11.5 Å². The van der Waals surface area contributed by atoms with Gasteiger partial charge in [-0.25, -0.2) is 9.48 Å². The molecule has 0 radical (unpaired) electrons. The molecule has 0 aliphatic rings. The maximum atomic E-state index is 12.2. The van der Waals surface area contributed by atoms with Crippen LogP contribution in [0.1, 0.15) is 12.5 Å². The smallest absolute Gasteiger partial charge is 0.346 e. The second-order valence-electron chi connectivity index (χ2n) is 4.85. The van der Waals surface area contributed by atoms with Gasteiger partial charge in [-0.2, -0.15) is 0 Å². The van der Waals surface area contributed by atoms with Crippen molar-refractivity contribution >= 4 is 11.5 Å². The van der Waals surface area contributed by atoms with Crippen LogP contribution in [-0.4, -0.2) is 20.9 Å². The molecule has 1 aromatic carbocycles. The molecule has 0 amide bonds. The number of benzene rings is 1. The van der Waals surface area contributed by atoms with Crippen LogP contribution < -0.4 is 21.9 Å². The van der Waals surface area contributed by atoms with Crippen LogP contribution in [0.25, 0.3) is 0 Å². The summed E-state index contributed by atoms with van der Waals surface area (Å²) in [5.74, 6) is 0.254. The van der Waals surface area contributed by atoms with Gasteiger partial charge in [0.05, 0.1) is 0 Å². The second kappa shape index (κ2) is 5.82. The Kier molecular flexibility index (Phi) is 4.11. The molecule has 7 nitrogen and oxygen atoms in total. The first-order valence-electron chi connectivity index (χ1n) is 6.67. The summed E-state index contributed by atoms with van der Waals surface area (Å²) in [7, 11) is 2.98. The van der Waals surface area contributed by atoms with Crippen LogP contribution >= 0.6 is 0 Å². The monoisotopic (exact) mass is 289 g/mol. The van der Waals surface area contributed by atoms with Crippen molar-refractivity contribution < 1.29 is 0 Å². The number of hydrogen-bond donors (Lipinski definition) is 1. The van der Waals surface area contributed by atoms with Gasteiger partial charge >= 0.3 is 5.69 Å². The number of rotatable bonds is 4. The second-order valence-corrected chi connectivity index (χ2v) is 4.85. The first kappa shape index (κ1) is 14.8. The average Bonchev–Trinajstić information content (AvgIpc) is 2.47. The van der Waals surface area contributed by atoms with E-state index in [1.54, 1.807) is 0 Å². The van der Waals surface area contributed by atoms with Crippen molar-refractivity contribution in [2.24, 2.45) is 14.1 Å². The molecule has 21 heavy (non-hydrogen) atoms. The van der Waals surface area contributed by atoms with Gasteiger partial charge in [0.1, 0.15) is 0 Å². The van der Waals surface area contributed by atoms with E-state index in [0.717, 1.165) is 10.1 Å². The normalized spacial score (nSPS) is 10.6. The molecule has 0 fully saturated rings. The van der Waals surface area contributed by atoms with Crippen molar-refractivity contribution in [3.8, 4) is 0 Å². The maximum Gasteiger partial charge on any atom is 0.346 e. The molecule has 112 valence electrons. The van der Waals surface area contributed by atoms with Crippen LogP contribution in [-0.2, 0) is 20.6 Å². The zero-order chi connectivity index (χ0) is 15.6. The van der Waals surface area contributed by atoms with E-state index in [2.05, 4.69) is 5.10 Å². The first-order chi connectivity index (χ1) is 9.93. The fourth-order valence-corrected chi connectivity index (χ4v) is 2.13. The minimum absolute atomic E-state index is 0.254. The first-order valence-corrected chi connectivity index (χ1v) is 6.67. The van der Waals surface area contributed by atoms with Gasteiger partial charge in [-0.3, -0.25) is 9.36 Å². The van der Waals surface area contributed by atoms with Crippen LogP contribution in [0.3, 0.4) is 0 Å². The lowest BCUT2D eigenvalue weighted by molar-refractivity contribution is 0.588. The number of anilines is 2. The molecule has 7 heteroatoms. The Hall–Kier alpha value is -2.57. The number of nitrogens with zero attached hydrogens (tertiary/aromatic N) is 4. The van der Waals surface area contributed by atoms with E-state index in [1.807, 2.05) is 36.1 Å². The van der Waals surface area contributed by atoms with Gasteiger partial charge in [0.25, 0.3) is 5.56 Å². The summed E-state index contributed by atoms with van der Waals surface area (Å²) in [5.41, 5.74) is 6.58. The molecule has 0 saturated heterocycles. The molecule has 0 saturated carbocycles. The summed E-state index contributed by atoms with van der Waals surface area (Å²) in [6.07, 6.45) is 0. The Bertz CT molecular complexity index is 763. The van der Waals surface area contributed by atoms with E-state index in [0.29, 0.717) is 18.8 Å². The molecule has 1 aromatic heterocycles. The summed E-state index contributed by atoms with van der Waals surface area (Å²) in [6, 6.07) is 7.47. The van der Waals surface area contributed by atoms with Gasteiger partial charge in [-0.05, 0) is 24.6 Å². The average molecular weight is 289 g/mol. The molecule has 0 unspecified atom stereocenters. The van der Waals surface area contributed by atoms with Crippen molar-refractivity contribution in [2.45, 2.75) is 13.5 Å². The summed E-state index contributed by atoms with van der Waals surface area (Å²) in [6.45, 7) is 3.02. The Labute approximate surface area is 122 Å². The molecular weight excluding hydrogens is 270 g/mol. The minimum atomic E-state index is -0.441. The summed E-state index contributed by atoms with van der Waals surface area (Å²) in [5, 5.41) is 4.09. The summed E-state index contributed by atoms with van der Waals surface area (Å²) in [4.78, 5) is 25.7. The number of nitrogen functional groups attached to an aromatic ring is 1. The third-order valence-electron chi connectivity index (χ3n) is 3.31. The maximum absolute atomic E-state index is 12.2. The lowest BCUT2D eigenvalue weighted by atomic mass is 10.2. The number of hydrogen-bond acceptors (Lipinski definition) is 5. The number of aromatic nitrogens is 3. The van der Waals surface area contributed by atoms with E-state index < -0.39 is 11.2 Å². The lowest BCUT2D eigenvalue weighted by Gasteiger charge is -2.22. The Morgan fingerprint density at radius 2 is 2.00 bits per heavy atom. The standard InChI is InChI=1S/C14H19N5O2/c1-4-19(9-10-6-5-7-11(15)8-10)12-13(20)17(2)14(21)18(3)16-12/h5-8H,4,9,15H2,1-3H3. The minimum Gasteiger partial charge on any atom is -0.399 e. The summed E-state index contributed by atoms with van der Waals surface area (Å²) < 4.78 is 2.23. The van der Waals surface area contributed by atoms with Crippen LogP contribution in [0.5, 0.6) is 0 Å². The van der Waals surface area contributed by atoms with E-state index in [9.17, 15) is 9.59 Å². The van der Waals surface area contributed by atoms with Gasteiger partial charge in [-0.15, -0.1) is 5.10 Å². The summed E-state index contributed by atoms with van der Waals surface area (Å²) >= 11 is 0. The third-order valence-corrected chi connectivity index (χ3v) is 3.31. The van der Waals surface area contributed by atoms with Crippen LogP contribution in [0.15, 0.2) is 33.9 Å². The Morgan fingerprint density at radius 3 is 2.62 bits per heavy atom. The largest absolute Gasteiger partial charge is 0.399 e. The predicted octanol–water partition coefficient (Wildman–Crippen LogP) is 0.0877. The molecule has 1 heterocycles. The van der Waals surface area contributed by atoms with Gasteiger partial charge < -0.3 is 10.6 Å². The molecule has 2 N–H and O–H groups in total.